The lowest BCUT2D eigenvalue weighted by Crippen LogP contribution is -2.16. The van der Waals surface area contributed by atoms with Crippen LogP contribution in [0.2, 0.25) is 0 Å². The van der Waals surface area contributed by atoms with E-state index in [4.69, 9.17) is 11.1 Å². The molecule has 0 aliphatic carbocycles. The van der Waals surface area contributed by atoms with Crippen LogP contribution in [-0.4, -0.2) is 21.4 Å². The Hall–Kier alpha value is -1.75. The molecular formula is C15H20N4S. The first-order valence-corrected chi connectivity index (χ1v) is 7.69. The fourth-order valence-electron chi connectivity index (χ4n) is 2.04. The number of nitrogen functional groups attached to an aromatic ring is 1. The molecule has 0 spiro atoms. The second-order valence-corrected chi connectivity index (χ2v) is 6.14. The summed E-state index contributed by atoms with van der Waals surface area (Å²) in [5.41, 5.74) is 8.44. The molecule has 3 N–H and O–H groups in total. The summed E-state index contributed by atoms with van der Waals surface area (Å²) in [6.07, 6.45) is 1.93. The zero-order valence-corrected chi connectivity index (χ0v) is 12.9. The summed E-state index contributed by atoms with van der Waals surface area (Å²) in [5, 5.41) is 12.4. The topological polar surface area (TPSA) is 67.7 Å². The van der Waals surface area contributed by atoms with Crippen LogP contribution >= 0.6 is 11.8 Å². The van der Waals surface area contributed by atoms with E-state index in [-0.39, 0.29) is 5.84 Å². The summed E-state index contributed by atoms with van der Waals surface area (Å²) in [7, 11) is 0. The quantitative estimate of drug-likeness (QED) is 0.503. The Morgan fingerprint density at radius 3 is 2.70 bits per heavy atom. The molecule has 0 saturated heterocycles. The van der Waals surface area contributed by atoms with Crippen molar-refractivity contribution in [3.05, 3.63) is 41.7 Å². The van der Waals surface area contributed by atoms with E-state index >= 15 is 0 Å². The number of nitrogens with one attached hydrogen (secondary N) is 1. The van der Waals surface area contributed by atoms with Crippen molar-refractivity contribution in [1.29, 1.82) is 5.41 Å². The number of aromatic nitrogens is 2. The molecule has 0 atom stereocenters. The molecule has 5 heteroatoms. The van der Waals surface area contributed by atoms with E-state index < -0.39 is 0 Å². The van der Waals surface area contributed by atoms with E-state index in [2.05, 4.69) is 25.9 Å². The highest BCUT2D eigenvalue weighted by atomic mass is 32.2. The lowest BCUT2D eigenvalue weighted by Gasteiger charge is -2.13. The van der Waals surface area contributed by atoms with Crippen molar-refractivity contribution in [3.63, 3.8) is 0 Å². The highest BCUT2D eigenvalue weighted by molar-refractivity contribution is 7.99. The molecule has 0 saturated carbocycles. The SMILES string of the molecule is CCSc1cccc(-n2ccc(C(C)C)n2)c1C(=N)N. The molecule has 1 aromatic heterocycles. The maximum Gasteiger partial charge on any atom is 0.126 e. The van der Waals surface area contributed by atoms with Gasteiger partial charge in [0.05, 0.1) is 16.9 Å². The predicted molar refractivity (Wildman–Crippen MR) is 85.1 cm³/mol. The number of nitrogens with two attached hydrogens (primary N) is 1. The van der Waals surface area contributed by atoms with Crippen molar-refractivity contribution in [2.45, 2.75) is 31.6 Å². The van der Waals surface area contributed by atoms with E-state index in [1.165, 1.54) is 0 Å². The van der Waals surface area contributed by atoms with Crippen molar-refractivity contribution in [3.8, 4) is 5.69 Å². The van der Waals surface area contributed by atoms with Crippen LogP contribution in [-0.2, 0) is 0 Å². The molecule has 0 amide bonds. The van der Waals surface area contributed by atoms with Crippen molar-refractivity contribution in [2.75, 3.05) is 5.75 Å². The van der Waals surface area contributed by atoms with Gasteiger partial charge in [-0.3, -0.25) is 5.41 Å². The first kappa shape index (κ1) is 14.7. The van der Waals surface area contributed by atoms with Gasteiger partial charge in [0, 0.05) is 11.1 Å². The minimum Gasteiger partial charge on any atom is -0.384 e. The largest absolute Gasteiger partial charge is 0.384 e. The molecule has 1 aromatic carbocycles. The normalized spacial score (nSPS) is 11.0. The van der Waals surface area contributed by atoms with Crippen LogP contribution < -0.4 is 5.73 Å². The highest BCUT2D eigenvalue weighted by Gasteiger charge is 2.14. The molecule has 0 radical (unpaired) electrons. The number of rotatable bonds is 5. The Morgan fingerprint density at radius 2 is 2.15 bits per heavy atom. The number of hydrogen-bond donors (Lipinski definition) is 2. The average Bonchev–Trinajstić information content (AvgIpc) is 2.88. The van der Waals surface area contributed by atoms with Gasteiger partial charge in [-0.05, 0) is 29.9 Å². The molecule has 4 nitrogen and oxygen atoms in total. The van der Waals surface area contributed by atoms with Gasteiger partial charge >= 0.3 is 0 Å². The summed E-state index contributed by atoms with van der Waals surface area (Å²) >= 11 is 1.69. The summed E-state index contributed by atoms with van der Waals surface area (Å²) in [6, 6.07) is 7.94. The number of benzene rings is 1. The third kappa shape index (κ3) is 2.88. The number of thioether (sulfide) groups is 1. The molecule has 0 aliphatic rings. The molecule has 0 fully saturated rings. The van der Waals surface area contributed by atoms with Gasteiger partial charge in [-0.1, -0.05) is 26.8 Å². The van der Waals surface area contributed by atoms with Gasteiger partial charge in [0.1, 0.15) is 5.84 Å². The second kappa shape index (κ2) is 6.13. The number of amidine groups is 1. The molecule has 0 aliphatic heterocycles. The van der Waals surface area contributed by atoms with Crippen LogP contribution in [0, 0.1) is 5.41 Å². The first-order chi connectivity index (χ1) is 9.54. The minimum absolute atomic E-state index is 0.0816. The molecule has 1 heterocycles. The molecule has 2 aromatic rings. The van der Waals surface area contributed by atoms with Crippen molar-refractivity contribution < 1.29 is 0 Å². The lowest BCUT2D eigenvalue weighted by atomic mass is 10.1. The van der Waals surface area contributed by atoms with Gasteiger partial charge in [-0.15, -0.1) is 11.8 Å². The van der Waals surface area contributed by atoms with Crippen molar-refractivity contribution in [1.82, 2.24) is 9.78 Å². The summed E-state index contributed by atoms with van der Waals surface area (Å²) in [6.45, 7) is 6.32. The fourth-order valence-corrected chi connectivity index (χ4v) is 2.88. The third-order valence-electron chi connectivity index (χ3n) is 3.02. The zero-order valence-electron chi connectivity index (χ0n) is 12.1. The molecule has 2 rings (SSSR count). The van der Waals surface area contributed by atoms with Gasteiger partial charge < -0.3 is 5.73 Å². The van der Waals surface area contributed by atoms with Crippen LogP contribution in [0.1, 0.15) is 37.9 Å². The molecular weight excluding hydrogens is 268 g/mol. The van der Waals surface area contributed by atoms with Gasteiger partial charge in [-0.25, -0.2) is 4.68 Å². The van der Waals surface area contributed by atoms with Gasteiger partial charge in [0.25, 0.3) is 0 Å². The number of nitrogens with zero attached hydrogens (tertiary/aromatic N) is 2. The Bertz CT molecular complexity index is 616. The molecule has 106 valence electrons. The van der Waals surface area contributed by atoms with E-state index in [9.17, 15) is 0 Å². The third-order valence-corrected chi connectivity index (χ3v) is 3.96. The van der Waals surface area contributed by atoms with Crippen molar-refractivity contribution >= 4 is 17.6 Å². The van der Waals surface area contributed by atoms with Crippen LogP contribution in [0.4, 0.5) is 0 Å². The zero-order chi connectivity index (χ0) is 14.7. The highest BCUT2D eigenvalue weighted by Crippen LogP contribution is 2.27. The van der Waals surface area contributed by atoms with Crippen LogP contribution in [0.5, 0.6) is 0 Å². The van der Waals surface area contributed by atoms with Crippen molar-refractivity contribution in [2.24, 2.45) is 5.73 Å². The Morgan fingerprint density at radius 1 is 1.40 bits per heavy atom. The van der Waals surface area contributed by atoms with Crippen LogP contribution in [0.3, 0.4) is 0 Å². The Labute approximate surface area is 123 Å². The maximum absolute atomic E-state index is 7.86. The smallest absolute Gasteiger partial charge is 0.126 e. The van der Waals surface area contributed by atoms with E-state index in [0.29, 0.717) is 5.92 Å². The van der Waals surface area contributed by atoms with Gasteiger partial charge in [0.15, 0.2) is 0 Å². The average molecular weight is 288 g/mol. The molecule has 0 bridgehead atoms. The lowest BCUT2D eigenvalue weighted by molar-refractivity contribution is 0.766. The second-order valence-electron chi connectivity index (χ2n) is 4.84. The molecule has 20 heavy (non-hydrogen) atoms. The standard InChI is InChI=1S/C15H20N4S/c1-4-20-13-7-5-6-12(14(13)15(16)17)19-9-8-11(18-19)10(2)3/h5-10H,4H2,1-3H3,(H3,16,17). The summed E-state index contributed by atoms with van der Waals surface area (Å²) < 4.78 is 1.81. The molecule has 0 unspecified atom stereocenters. The Balaban J connectivity index is 2.54. The Kier molecular flexibility index (Phi) is 4.49. The minimum atomic E-state index is 0.0816. The summed E-state index contributed by atoms with van der Waals surface area (Å²) in [5.74, 6) is 1.41. The first-order valence-electron chi connectivity index (χ1n) is 6.70. The monoisotopic (exact) mass is 288 g/mol. The predicted octanol–water partition coefficient (Wildman–Crippen LogP) is 3.39. The fraction of sp³-hybridized carbons (Fsp3) is 0.333. The van der Waals surface area contributed by atoms with Gasteiger partial charge in [0.2, 0.25) is 0 Å². The van der Waals surface area contributed by atoms with E-state index in [1.807, 2.05) is 35.1 Å². The van der Waals surface area contributed by atoms with E-state index in [0.717, 1.165) is 27.6 Å². The van der Waals surface area contributed by atoms with Crippen LogP contribution in [0.15, 0.2) is 35.4 Å². The maximum atomic E-state index is 7.86. The summed E-state index contributed by atoms with van der Waals surface area (Å²) in [4.78, 5) is 1.03. The van der Waals surface area contributed by atoms with Gasteiger partial charge in [-0.2, -0.15) is 5.10 Å². The number of hydrogen-bond acceptors (Lipinski definition) is 3. The van der Waals surface area contributed by atoms with E-state index in [1.54, 1.807) is 11.8 Å². The van der Waals surface area contributed by atoms with Crippen LogP contribution in [0.25, 0.3) is 5.69 Å².